The van der Waals surface area contributed by atoms with Crippen LogP contribution in [0.25, 0.3) is 0 Å². The monoisotopic (exact) mass is 254 g/mol. The number of pyridine rings is 1. The number of aromatic nitrogens is 1. The molecule has 1 heterocycles. The number of halogens is 1. The molecule has 2 nitrogen and oxygen atoms in total. The fraction of sp³-hybridized carbons (Fsp3) is 0.545. The zero-order valence-electron chi connectivity index (χ0n) is 8.55. The molecule has 1 aliphatic rings. The predicted octanol–water partition coefficient (Wildman–Crippen LogP) is 3.30. The maximum absolute atomic E-state index is 4.03. The molecular weight excluding hydrogens is 240 g/mol. The summed E-state index contributed by atoms with van der Waals surface area (Å²) in [5, 5.41) is 3.44. The molecule has 1 N–H and O–H groups in total. The molecule has 14 heavy (non-hydrogen) atoms. The van der Waals surface area contributed by atoms with E-state index in [1.807, 2.05) is 18.5 Å². The largest absolute Gasteiger partial charge is 0.384 e. The second kappa shape index (κ2) is 3.54. The van der Waals surface area contributed by atoms with Crippen LogP contribution in [0.1, 0.15) is 20.3 Å². The fourth-order valence-electron chi connectivity index (χ4n) is 1.68. The Balaban J connectivity index is 1.90. The Labute approximate surface area is 93.3 Å². The second-order valence-corrected chi connectivity index (χ2v) is 5.48. The zero-order chi connectivity index (χ0) is 10.2. The summed E-state index contributed by atoms with van der Waals surface area (Å²) >= 11 is 3.47. The summed E-state index contributed by atoms with van der Waals surface area (Å²) in [6.07, 6.45) is 4.97. The third-order valence-corrected chi connectivity index (χ3v) is 3.66. The quantitative estimate of drug-likeness (QED) is 0.896. The van der Waals surface area contributed by atoms with Gasteiger partial charge in [-0.15, -0.1) is 0 Å². The molecule has 1 aromatic heterocycles. The van der Waals surface area contributed by atoms with Crippen molar-refractivity contribution in [2.45, 2.75) is 20.3 Å². The highest BCUT2D eigenvalue weighted by atomic mass is 79.9. The van der Waals surface area contributed by atoms with Gasteiger partial charge in [0.25, 0.3) is 0 Å². The molecule has 1 saturated carbocycles. The summed E-state index contributed by atoms with van der Waals surface area (Å²) in [5.41, 5.74) is 1.69. The van der Waals surface area contributed by atoms with E-state index >= 15 is 0 Å². The third-order valence-electron chi connectivity index (χ3n) is 3.03. The highest BCUT2D eigenvalue weighted by molar-refractivity contribution is 9.10. The van der Waals surface area contributed by atoms with E-state index in [4.69, 9.17) is 0 Å². The summed E-state index contributed by atoms with van der Waals surface area (Å²) in [6, 6.07) is 2.00. The van der Waals surface area contributed by atoms with Gasteiger partial charge in [0.05, 0.1) is 10.2 Å². The molecule has 0 saturated heterocycles. The number of nitrogens with one attached hydrogen (secondary N) is 1. The average Bonchev–Trinajstić information content (AvgIpc) is 2.73. The van der Waals surface area contributed by atoms with Crippen LogP contribution < -0.4 is 5.32 Å². The number of rotatable bonds is 3. The van der Waals surface area contributed by atoms with E-state index < -0.39 is 0 Å². The minimum Gasteiger partial charge on any atom is -0.384 e. The molecule has 1 atom stereocenters. The number of hydrogen-bond acceptors (Lipinski definition) is 2. The Morgan fingerprint density at radius 1 is 1.64 bits per heavy atom. The van der Waals surface area contributed by atoms with Crippen molar-refractivity contribution in [3.63, 3.8) is 0 Å². The minimum absolute atomic E-state index is 0.548. The first-order chi connectivity index (χ1) is 6.59. The molecule has 1 unspecified atom stereocenters. The molecule has 76 valence electrons. The van der Waals surface area contributed by atoms with Crippen molar-refractivity contribution in [1.29, 1.82) is 0 Å². The molecule has 0 aromatic carbocycles. The standard InChI is InChI=1S/C11H15BrN2/c1-11(2)5-8(11)6-14-10-3-4-13-7-9(10)12/h3-4,7-8H,5-6H2,1-2H3,(H,13,14). The summed E-state index contributed by atoms with van der Waals surface area (Å²) < 4.78 is 1.04. The van der Waals surface area contributed by atoms with Gasteiger partial charge in [0.2, 0.25) is 0 Å². The molecular formula is C11H15BrN2. The lowest BCUT2D eigenvalue weighted by molar-refractivity contribution is 0.573. The van der Waals surface area contributed by atoms with Gasteiger partial charge in [-0.3, -0.25) is 4.98 Å². The van der Waals surface area contributed by atoms with E-state index in [-0.39, 0.29) is 0 Å². The highest BCUT2D eigenvalue weighted by Crippen LogP contribution is 2.51. The normalized spacial score (nSPS) is 23.2. The predicted molar refractivity (Wildman–Crippen MR) is 62.3 cm³/mol. The Kier molecular flexibility index (Phi) is 2.52. The first kappa shape index (κ1) is 9.97. The van der Waals surface area contributed by atoms with Crippen LogP contribution in [0.3, 0.4) is 0 Å². The van der Waals surface area contributed by atoms with Crippen LogP contribution in [0.5, 0.6) is 0 Å². The van der Waals surface area contributed by atoms with Crippen molar-refractivity contribution in [2.24, 2.45) is 11.3 Å². The smallest absolute Gasteiger partial charge is 0.0590 e. The van der Waals surface area contributed by atoms with Gasteiger partial charge >= 0.3 is 0 Å². The Hall–Kier alpha value is -0.570. The van der Waals surface area contributed by atoms with E-state index in [2.05, 4.69) is 40.1 Å². The average molecular weight is 255 g/mol. The van der Waals surface area contributed by atoms with Crippen LogP contribution in [0, 0.1) is 11.3 Å². The van der Waals surface area contributed by atoms with Gasteiger partial charge in [-0.05, 0) is 39.8 Å². The van der Waals surface area contributed by atoms with E-state index in [0.717, 1.165) is 22.6 Å². The van der Waals surface area contributed by atoms with Gasteiger partial charge in [0, 0.05) is 18.9 Å². The lowest BCUT2D eigenvalue weighted by Gasteiger charge is -2.08. The number of anilines is 1. The highest BCUT2D eigenvalue weighted by Gasteiger charge is 2.44. The van der Waals surface area contributed by atoms with E-state index in [9.17, 15) is 0 Å². The lowest BCUT2D eigenvalue weighted by atomic mass is 10.1. The fourth-order valence-corrected chi connectivity index (χ4v) is 2.07. The van der Waals surface area contributed by atoms with Gasteiger partial charge in [-0.2, -0.15) is 0 Å². The van der Waals surface area contributed by atoms with Gasteiger partial charge in [0.15, 0.2) is 0 Å². The van der Waals surface area contributed by atoms with Crippen molar-refractivity contribution in [3.8, 4) is 0 Å². The Bertz CT molecular complexity index is 336. The topological polar surface area (TPSA) is 24.9 Å². The van der Waals surface area contributed by atoms with Crippen molar-refractivity contribution in [2.75, 3.05) is 11.9 Å². The van der Waals surface area contributed by atoms with E-state index in [1.165, 1.54) is 6.42 Å². The minimum atomic E-state index is 0.548. The molecule has 0 aliphatic heterocycles. The van der Waals surface area contributed by atoms with E-state index in [1.54, 1.807) is 0 Å². The zero-order valence-corrected chi connectivity index (χ0v) is 10.1. The van der Waals surface area contributed by atoms with Crippen LogP contribution in [0.2, 0.25) is 0 Å². The summed E-state index contributed by atoms with van der Waals surface area (Å²) in [7, 11) is 0. The van der Waals surface area contributed by atoms with Gasteiger partial charge < -0.3 is 5.32 Å². The summed E-state index contributed by atoms with van der Waals surface area (Å²) in [6.45, 7) is 5.71. The molecule has 0 spiro atoms. The van der Waals surface area contributed by atoms with Crippen LogP contribution in [-0.4, -0.2) is 11.5 Å². The first-order valence-corrected chi connectivity index (χ1v) is 5.72. The lowest BCUT2D eigenvalue weighted by Crippen LogP contribution is -2.07. The molecule has 0 amide bonds. The van der Waals surface area contributed by atoms with Crippen LogP contribution in [-0.2, 0) is 0 Å². The summed E-state index contributed by atoms with van der Waals surface area (Å²) in [5.74, 6) is 0.822. The van der Waals surface area contributed by atoms with Crippen LogP contribution in [0.4, 0.5) is 5.69 Å². The van der Waals surface area contributed by atoms with Crippen molar-refractivity contribution < 1.29 is 0 Å². The number of hydrogen-bond donors (Lipinski definition) is 1. The van der Waals surface area contributed by atoms with Crippen molar-refractivity contribution in [1.82, 2.24) is 4.98 Å². The van der Waals surface area contributed by atoms with E-state index in [0.29, 0.717) is 5.41 Å². The number of nitrogens with zero attached hydrogens (tertiary/aromatic N) is 1. The summed E-state index contributed by atoms with van der Waals surface area (Å²) in [4.78, 5) is 4.03. The molecule has 1 aromatic rings. The molecule has 2 rings (SSSR count). The molecule has 0 bridgehead atoms. The first-order valence-electron chi connectivity index (χ1n) is 4.93. The van der Waals surface area contributed by atoms with Crippen molar-refractivity contribution in [3.05, 3.63) is 22.9 Å². The van der Waals surface area contributed by atoms with Gasteiger partial charge in [-0.25, -0.2) is 0 Å². The molecule has 3 heteroatoms. The Morgan fingerprint density at radius 3 is 2.93 bits per heavy atom. The Morgan fingerprint density at radius 2 is 2.36 bits per heavy atom. The maximum atomic E-state index is 4.03. The van der Waals surface area contributed by atoms with Crippen LogP contribution >= 0.6 is 15.9 Å². The molecule has 0 radical (unpaired) electrons. The third kappa shape index (κ3) is 2.08. The van der Waals surface area contributed by atoms with Crippen LogP contribution in [0.15, 0.2) is 22.9 Å². The van der Waals surface area contributed by atoms with Gasteiger partial charge in [-0.1, -0.05) is 13.8 Å². The second-order valence-electron chi connectivity index (χ2n) is 4.63. The maximum Gasteiger partial charge on any atom is 0.0590 e. The molecule has 1 aliphatic carbocycles. The molecule has 1 fully saturated rings. The van der Waals surface area contributed by atoms with Crippen molar-refractivity contribution >= 4 is 21.6 Å². The van der Waals surface area contributed by atoms with Gasteiger partial charge in [0.1, 0.15) is 0 Å². The SMILES string of the molecule is CC1(C)CC1CNc1ccncc1Br.